The molecule has 0 aliphatic heterocycles. The molecule has 2 aromatic heterocycles. The van der Waals surface area contributed by atoms with Crippen LogP contribution in [0.4, 0.5) is 0 Å². The molecule has 0 saturated heterocycles. The van der Waals surface area contributed by atoms with E-state index in [0.717, 1.165) is 85.9 Å². The standard InChI is InChI=1S/C45H44N4O2/c1-7-16-39-46-40-30(2)27-35(43-47-41(33-17-10-8-11-18-33)42(48(43)6)34-19-12-9-13-20-34)28-38(40)49(39)29-31-23-25-32(26-24-31)36-21-14-15-22-37(36)44(50)51-45(3,4)5/h8-15,17-28H,7,16,29H2,1-6H3. The van der Waals surface area contributed by atoms with Crippen LogP contribution < -0.4 is 0 Å². The molecule has 5 aromatic carbocycles. The van der Waals surface area contributed by atoms with Crippen LogP contribution >= 0.6 is 0 Å². The number of ether oxygens (including phenoxy) is 1. The Morgan fingerprint density at radius 1 is 0.745 bits per heavy atom. The number of nitrogens with zero attached hydrogens (tertiary/aromatic N) is 4. The van der Waals surface area contributed by atoms with Gasteiger partial charge in [0.25, 0.3) is 0 Å². The zero-order valence-corrected chi connectivity index (χ0v) is 30.3. The van der Waals surface area contributed by atoms with Gasteiger partial charge >= 0.3 is 5.97 Å². The molecule has 0 aliphatic carbocycles. The van der Waals surface area contributed by atoms with E-state index in [1.54, 1.807) is 0 Å². The molecule has 7 rings (SSSR count). The van der Waals surface area contributed by atoms with E-state index < -0.39 is 5.60 Å². The van der Waals surface area contributed by atoms with Crippen LogP contribution in [0.3, 0.4) is 0 Å². The largest absolute Gasteiger partial charge is 0.456 e. The van der Waals surface area contributed by atoms with Gasteiger partial charge in [-0.1, -0.05) is 110 Å². The van der Waals surface area contributed by atoms with Gasteiger partial charge in [-0.25, -0.2) is 14.8 Å². The number of aromatic nitrogens is 4. The Morgan fingerprint density at radius 3 is 2.06 bits per heavy atom. The summed E-state index contributed by atoms with van der Waals surface area (Å²) in [5, 5.41) is 0. The topological polar surface area (TPSA) is 61.9 Å². The number of esters is 1. The number of carbonyl (C=O) groups is 1. The normalized spacial score (nSPS) is 11.6. The van der Waals surface area contributed by atoms with Gasteiger partial charge < -0.3 is 13.9 Å². The van der Waals surface area contributed by atoms with Crippen LogP contribution in [0, 0.1) is 6.92 Å². The van der Waals surface area contributed by atoms with Crippen LogP contribution in [-0.4, -0.2) is 30.7 Å². The maximum Gasteiger partial charge on any atom is 0.339 e. The van der Waals surface area contributed by atoms with Crippen molar-refractivity contribution in [3.8, 4) is 45.0 Å². The predicted molar refractivity (Wildman–Crippen MR) is 208 cm³/mol. The molecule has 2 heterocycles. The Hall–Kier alpha value is -5.75. The molecule has 0 unspecified atom stereocenters. The summed E-state index contributed by atoms with van der Waals surface area (Å²) < 4.78 is 10.3. The second-order valence-corrected chi connectivity index (χ2v) is 14.2. The highest BCUT2D eigenvalue weighted by atomic mass is 16.6. The molecule has 0 spiro atoms. The van der Waals surface area contributed by atoms with Crippen molar-refractivity contribution in [1.29, 1.82) is 0 Å². The number of carbonyl (C=O) groups excluding carboxylic acids is 1. The van der Waals surface area contributed by atoms with Gasteiger partial charge in [0.15, 0.2) is 0 Å². The van der Waals surface area contributed by atoms with Crippen LogP contribution in [0.25, 0.3) is 56.1 Å². The number of hydrogen-bond donors (Lipinski definition) is 0. The zero-order valence-electron chi connectivity index (χ0n) is 30.3. The molecule has 256 valence electrons. The second kappa shape index (κ2) is 13.9. The van der Waals surface area contributed by atoms with E-state index in [1.807, 2.05) is 57.2 Å². The molecule has 6 heteroatoms. The first kappa shape index (κ1) is 33.7. The van der Waals surface area contributed by atoms with Gasteiger partial charge in [0.05, 0.1) is 28.0 Å². The maximum atomic E-state index is 13.1. The fourth-order valence-corrected chi connectivity index (χ4v) is 6.86. The third-order valence-corrected chi connectivity index (χ3v) is 9.20. The monoisotopic (exact) mass is 672 g/mol. The molecule has 0 radical (unpaired) electrons. The van der Waals surface area contributed by atoms with E-state index in [1.165, 1.54) is 0 Å². The summed E-state index contributed by atoms with van der Waals surface area (Å²) in [6, 6.07) is 41.5. The van der Waals surface area contributed by atoms with Crippen LogP contribution in [0.2, 0.25) is 0 Å². The van der Waals surface area contributed by atoms with Crippen molar-refractivity contribution in [2.75, 3.05) is 0 Å². The molecule has 0 fully saturated rings. The van der Waals surface area contributed by atoms with Crippen molar-refractivity contribution >= 4 is 17.0 Å². The van der Waals surface area contributed by atoms with Crippen molar-refractivity contribution < 1.29 is 9.53 Å². The van der Waals surface area contributed by atoms with Gasteiger partial charge in [0.2, 0.25) is 0 Å². The molecule has 0 bridgehead atoms. The average molecular weight is 673 g/mol. The third kappa shape index (κ3) is 6.87. The summed E-state index contributed by atoms with van der Waals surface area (Å²) in [4.78, 5) is 23.6. The fraction of sp³-hybridized carbons (Fsp3) is 0.222. The number of benzene rings is 5. The van der Waals surface area contributed by atoms with Gasteiger partial charge in [-0.05, 0) is 74.6 Å². The lowest BCUT2D eigenvalue weighted by Gasteiger charge is -2.20. The first-order valence-electron chi connectivity index (χ1n) is 17.7. The van der Waals surface area contributed by atoms with Gasteiger partial charge in [-0.2, -0.15) is 0 Å². The van der Waals surface area contributed by atoms with Crippen molar-refractivity contribution in [3.63, 3.8) is 0 Å². The van der Waals surface area contributed by atoms with E-state index >= 15 is 0 Å². The van der Waals surface area contributed by atoms with E-state index in [0.29, 0.717) is 12.1 Å². The van der Waals surface area contributed by atoms with E-state index in [9.17, 15) is 4.79 Å². The molecule has 0 saturated carbocycles. The third-order valence-electron chi connectivity index (χ3n) is 9.20. The highest BCUT2D eigenvalue weighted by Gasteiger charge is 2.23. The number of imidazole rings is 2. The second-order valence-electron chi connectivity index (χ2n) is 14.2. The van der Waals surface area contributed by atoms with E-state index in [4.69, 9.17) is 14.7 Å². The van der Waals surface area contributed by atoms with Gasteiger partial charge in [0, 0.05) is 36.7 Å². The van der Waals surface area contributed by atoms with Gasteiger partial charge in [0.1, 0.15) is 17.2 Å². The highest BCUT2D eigenvalue weighted by Crippen LogP contribution is 2.37. The number of rotatable bonds is 9. The minimum atomic E-state index is -0.569. The Labute approximate surface area is 300 Å². The molecule has 51 heavy (non-hydrogen) atoms. The van der Waals surface area contributed by atoms with E-state index in [-0.39, 0.29) is 5.97 Å². The van der Waals surface area contributed by atoms with Crippen LogP contribution in [0.1, 0.15) is 61.4 Å². The molecular weight excluding hydrogens is 629 g/mol. The summed E-state index contributed by atoms with van der Waals surface area (Å²) in [6.45, 7) is 10.7. The predicted octanol–water partition coefficient (Wildman–Crippen LogP) is 10.7. The lowest BCUT2D eigenvalue weighted by molar-refractivity contribution is 0.00704. The van der Waals surface area contributed by atoms with Crippen molar-refractivity contribution in [2.24, 2.45) is 7.05 Å². The maximum absolute atomic E-state index is 13.1. The lowest BCUT2D eigenvalue weighted by Crippen LogP contribution is -2.24. The van der Waals surface area contributed by atoms with Crippen LogP contribution in [0.5, 0.6) is 0 Å². The first-order chi connectivity index (χ1) is 24.6. The van der Waals surface area contributed by atoms with Crippen molar-refractivity contribution in [3.05, 3.63) is 144 Å². The smallest absolute Gasteiger partial charge is 0.339 e. The minimum Gasteiger partial charge on any atom is -0.456 e. The molecule has 7 aromatic rings. The summed E-state index contributed by atoms with van der Waals surface area (Å²) in [6.07, 6.45) is 1.87. The number of hydrogen-bond acceptors (Lipinski definition) is 4. The van der Waals surface area contributed by atoms with Crippen LogP contribution in [-0.2, 0) is 24.8 Å². The molecule has 0 atom stereocenters. The Kier molecular flexibility index (Phi) is 9.17. The Morgan fingerprint density at radius 2 is 1.39 bits per heavy atom. The summed E-state index contributed by atoms with van der Waals surface area (Å²) in [7, 11) is 2.11. The molecular formula is C45H44N4O2. The summed E-state index contributed by atoms with van der Waals surface area (Å²) in [5.41, 5.74) is 11.5. The summed E-state index contributed by atoms with van der Waals surface area (Å²) in [5.74, 6) is 1.67. The van der Waals surface area contributed by atoms with E-state index in [2.05, 4.69) is 115 Å². The zero-order chi connectivity index (χ0) is 35.7. The minimum absolute atomic E-state index is 0.318. The Bertz CT molecular complexity index is 2330. The molecule has 0 aliphatic rings. The Balaban J connectivity index is 1.29. The number of aryl methyl sites for hydroxylation is 2. The van der Waals surface area contributed by atoms with Crippen molar-refractivity contribution in [1.82, 2.24) is 19.1 Å². The molecule has 0 amide bonds. The molecule has 0 N–H and O–H groups in total. The van der Waals surface area contributed by atoms with Gasteiger partial charge in [-0.15, -0.1) is 0 Å². The number of fused-ring (bicyclic) bond motifs is 1. The average Bonchev–Trinajstić information content (AvgIpc) is 3.66. The lowest BCUT2D eigenvalue weighted by atomic mass is 9.98. The molecule has 6 nitrogen and oxygen atoms in total. The SMILES string of the molecule is CCCc1nc2c(C)cc(-c3nc(-c4ccccc4)c(-c4ccccc4)n3C)cc2n1Cc1ccc(-c2ccccc2C(=O)OC(C)(C)C)cc1. The van der Waals surface area contributed by atoms with Crippen LogP contribution in [0.15, 0.2) is 121 Å². The fourth-order valence-electron chi connectivity index (χ4n) is 6.86. The summed E-state index contributed by atoms with van der Waals surface area (Å²) >= 11 is 0. The van der Waals surface area contributed by atoms with Crippen molar-refractivity contribution in [2.45, 2.75) is 59.6 Å². The van der Waals surface area contributed by atoms with Gasteiger partial charge in [-0.3, -0.25) is 0 Å². The first-order valence-corrected chi connectivity index (χ1v) is 17.7. The highest BCUT2D eigenvalue weighted by molar-refractivity contribution is 5.97. The quantitative estimate of drug-likeness (QED) is 0.143.